The van der Waals surface area contributed by atoms with E-state index < -0.39 is 0 Å². The van der Waals surface area contributed by atoms with E-state index in [0.717, 1.165) is 13.1 Å². The number of ether oxygens (including phenoxy) is 1. The van der Waals surface area contributed by atoms with Gasteiger partial charge in [-0.25, -0.2) is 0 Å². The fraction of sp³-hybridized carbons (Fsp3) is 0.611. The standard InChI is InChI=1S/C18H27Cl2N3O2/c1-13-10-22(11-14(2)23(13)8-7-21(3)4)18(24)12-25-17-6-5-15(19)9-16(17)20/h5-6,9,13-14H,7-8,10-12H2,1-4H3. The molecular formula is C18H27Cl2N3O2. The number of likely N-dealkylation sites (N-methyl/N-ethyl adjacent to an activating group) is 1. The highest BCUT2D eigenvalue weighted by Crippen LogP contribution is 2.27. The molecule has 0 radical (unpaired) electrons. The number of nitrogens with zero attached hydrogens (tertiary/aromatic N) is 3. The fourth-order valence-corrected chi connectivity index (χ4v) is 3.60. The van der Waals surface area contributed by atoms with Crippen molar-refractivity contribution >= 4 is 29.1 Å². The monoisotopic (exact) mass is 387 g/mol. The van der Waals surface area contributed by atoms with Gasteiger partial charge in [0.05, 0.1) is 5.02 Å². The van der Waals surface area contributed by atoms with Gasteiger partial charge in [0.25, 0.3) is 5.91 Å². The Bertz CT molecular complexity index is 586. The molecule has 0 N–H and O–H groups in total. The van der Waals surface area contributed by atoms with Gasteiger partial charge >= 0.3 is 0 Å². The molecule has 0 aromatic heterocycles. The van der Waals surface area contributed by atoms with Crippen molar-refractivity contribution in [3.8, 4) is 5.75 Å². The van der Waals surface area contributed by atoms with Crippen LogP contribution in [-0.4, -0.2) is 79.6 Å². The number of rotatable bonds is 6. The highest BCUT2D eigenvalue weighted by Gasteiger charge is 2.31. The molecular weight excluding hydrogens is 361 g/mol. The molecule has 1 heterocycles. The molecule has 140 valence electrons. The Labute approximate surface area is 160 Å². The summed E-state index contributed by atoms with van der Waals surface area (Å²) >= 11 is 11.9. The number of carbonyl (C=O) groups excluding carboxylic acids is 1. The van der Waals surface area contributed by atoms with Crippen LogP contribution < -0.4 is 4.74 Å². The molecule has 1 fully saturated rings. The van der Waals surface area contributed by atoms with E-state index in [1.54, 1.807) is 18.2 Å². The highest BCUT2D eigenvalue weighted by molar-refractivity contribution is 6.35. The molecule has 1 aliphatic rings. The van der Waals surface area contributed by atoms with Crippen molar-refractivity contribution in [3.63, 3.8) is 0 Å². The molecule has 1 aromatic carbocycles. The van der Waals surface area contributed by atoms with Crippen LogP contribution in [0, 0.1) is 0 Å². The van der Waals surface area contributed by atoms with Crippen molar-refractivity contribution < 1.29 is 9.53 Å². The van der Waals surface area contributed by atoms with Crippen molar-refractivity contribution in [1.29, 1.82) is 0 Å². The molecule has 7 heteroatoms. The minimum absolute atomic E-state index is 0.0154. The first-order valence-corrected chi connectivity index (χ1v) is 9.29. The molecule has 0 spiro atoms. The summed E-state index contributed by atoms with van der Waals surface area (Å²) in [6.45, 7) is 7.78. The Morgan fingerprint density at radius 1 is 1.24 bits per heavy atom. The summed E-state index contributed by atoms with van der Waals surface area (Å²) < 4.78 is 5.58. The lowest BCUT2D eigenvalue weighted by Crippen LogP contribution is -2.59. The lowest BCUT2D eigenvalue weighted by molar-refractivity contribution is -0.137. The van der Waals surface area contributed by atoms with Crippen LogP contribution in [-0.2, 0) is 4.79 Å². The maximum Gasteiger partial charge on any atom is 0.260 e. The normalized spacial score (nSPS) is 21.6. The number of benzene rings is 1. The Morgan fingerprint density at radius 3 is 2.44 bits per heavy atom. The van der Waals surface area contributed by atoms with Crippen LogP contribution in [0.15, 0.2) is 18.2 Å². The third-order valence-corrected chi connectivity index (χ3v) is 5.04. The summed E-state index contributed by atoms with van der Waals surface area (Å²) in [5.74, 6) is 0.460. The lowest BCUT2D eigenvalue weighted by atomic mass is 10.1. The van der Waals surface area contributed by atoms with Crippen molar-refractivity contribution in [1.82, 2.24) is 14.7 Å². The minimum Gasteiger partial charge on any atom is -0.482 e. The van der Waals surface area contributed by atoms with Crippen LogP contribution in [0.3, 0.4) is 0 Å². The summed E-state index contributed by atoms with van der Waals surface area (Å²) in [5.41, 5.74) is 0. The molecule has 1 aliphatic heterocycles. The van der Waals surface area contributed by atoms with Gasteiger partial charge in [0.2, 0.25) is 0 Å². The van der Waals surface area contributed by atoms with Gasteiger partial charge < -0.3 is 14.5 Å². The van der Waals surface area contributed by atoms with Gasteiger partial charge in [0.1, 0.15) is 5.75 Å². The largest absolute Gasteiger partial charge is 0.482 e. The first-order chi connectivity index (χ1) is 11.8. The topological polar surface area (TPSA) is 36.0 Å². The van der Waals surface area contributed by atoms with Gasteiger partial charge in [-0.2, -0.15) is 0 Å². The van der Waals surface area contributed by atoms with Crippen LogP contribution in [0.25, 0.3) is 0 Å². The summed E-state index contributed by atoms with van der Waals surface area (Å²) in [6.07, 6.45) is 0. The maximum absolute atomic E-state index is 12.5. The Morgan fingerprint density at radius 2 is 1.88 bits per heavy atom. The van der Waals surface area contributed by atoms with E-state index >= 15 is 0 Å². The molecule has 2 unspecified atom stereocenters. The second-order valence-electron chi connectivity index (χ2n) is 6.90. The van der Waals surface area contributed by atoms with Crippen LogP contribution >= 0.6 is 23.2 Å². The summed E-state index contributed by atoms with van der Waals surface area (Å²) in [6, 6.07) is 5.64. The van der Waals surface area contributed by atoms with E-state index in [0.29, 0.717) is 41.0 Å². The molecule has 0 bridgehead atoms. The SMILES string of the molecule is CC1CN(C(=O)COc2ccc(Cl)cc2Cl)CC(C)N1CCN(C)C. The van der Waals surface area contributed by atoms with E-state index in [9.17, 15) is 4.79 Å². The van der Waals surface area contributed by atoms with E-state index in [1.165, 1.54) is 0 Å². The van der Waals surface area contributed by atoms with Gasteiger partial charge in [-0.1, -0.05) is 23.2 Å². The van der Waals surface area contributed by atoms with E-state index in [2.05, 4.69) is 37.7 Å². The van der Waals surface area contributed by atoms with Gasteiger partial charge in [-0.05, 0) is 46.1 Å². The average molecular weight is 388 g/mol. The number of halogens is 2. The Kier molecular flexibility index (Phi) is 7.37. The second-order valence-corrected chi connectivity index (χ2v) is 7.74. The second kappa shape index (κ2) is 9.08. The van der Waals surface area contributed by atoms with Gasteiger partial charge in [-0.15, -0.1) is 0 Å². The van der Waals surface area contributed by atoms with Crippen molar-refractivity contribution in [2.24, 2.45) is 0 Å². The minimum atomic E-state index is -0.0167. The van der Waals surface area contributed by atoms with E-state index in [1.807, 2.05) is 4.90 Å². The average Bonchev–Trinajstić information content (AvgIpc) is 2.52. The summed E-state index contributed by atoms with van der Waals surface area (Å²) in [5, 5.41) is 0.954. The molecule has 1 amide bonds. The van der Waals surface area contributed by atoms with Crippen LogP contribution in [0.2, 0.25) is 10.0 Å². The van der Waals surface area contributed by atoms with Gasteiger partial charge in [-0.3, -0.25) is 9.69 Å². The summed E-state index contributed by atoms with van der Waals surface area (Å²) in [7, 11) is 4.16. The quantitative estimate of drug-likeness (QED) is 0.751. The van der Waals surface area contributed by atoms with Gasteiger partial charge in [0, 0.05) is 43.3 Å². The highest BCUT2D eigenvalue weighted by atomic mass is 35.5. The van der Waals surface area contributed by atoms with Crippen molar-refractivity contribution in [2.75, 3.05) is 46.9 Å². The number of hydrogen-bond acceptors (Lipinski definition) is 4. The smallest absolute Gasteiger partial charge is 0.260 e. The van der Waals surface area contributed by atoms with Crippen molar-refractivity contribution in [2.45, 2.75) is 25.9 Å². The Balaban J connectivity index is 1.88. The van der Waals surface area contributed by atoms with Crippen LogP contribution in [0.1, 0.15) is 13.8 Å². The molecule has 1 saturated heterocycles. The van der Waals surface area contributed by atoms with E-state index in [4.69, 9.17) is 27.9 Å². The zero-order valence-corrected chi connectivity index (χ0v) is 16.8. The zero-order chi connectivity index (χ0) is 18.6. The number of amides is 1. The third-order valence-electron chi connectivity index (χ3n) is 4.50. The number of piperazine rings is 1. The maximum atomic E-state index is 12.5. The fourth-order valence-electron chi connectivity index (χ4n) is 3.14. The van der Waals surface area contributed by atoms with Gasteiger partial charge in [0.15, 0.2) is 6.61 Å². The number of hydrogen-bond donors (Lipinski definition) is 0. The molecule has 25 heavy (non-hydrogen) atoms. The molecule has 5 nitrogen and oxygen atoms in total. The first kappa shape index (κ1) is 20.3. The molecule has 0 saturated carbocycles. The Hall–Kier alpha value is -1.01. The summed E-state index contributed by atoms with van der Waals surface area (Å²) in [4.78, 5) is 19.0. The van der Waals surface area contributed by atoms with Crippen LogP contribution in [0.5, 0.6) is 5.75 Å². The zero-order valence-electron chi connectivity index (χ0n) is 15.3. The first-order valence-electron chi connectivity index (χ1n) is 8.54. The predicted octanol–water partition coefficient (Wildman–Crippen LogP) is 2.86. The molecule has 2 atom stereocenters. The van der Waals surface area contributed by atoms with Crippen molar-refractivity contribution in [3.05, 3.63) is 28.2 Å². The van der Waals surface area contributed by atoms with Crippen LogP contribution in [0.4, 0.5) is 0 Å². The lowest BCUT2D eigenvalue weighted by Gasteiger charge is -2.44. The molecule has 0 aliphatic carbocycles. The third kappa shape index (κ3) is 5.74. The molecule has 1 aromatic rings. The molecule has 2 rings (SSSR count). The number of carbonyl (C=O) groups is 1. The van der Waals surface area contributed by atoms with E-state index in [-0.39, 0.29) is 12.5 Å². The predicted molar refractivity (Wildman–Crippen MR) is 103 cm³/mol.